The lowest BCUT2D eigenvalue weighted by Gasteiger charge is -2.15. The van der Waals surface area contributed by atoms with Crippen LogP contribution in [0.4, 0.5) is 0 Å². The molecule has 2 amide bonds. The third kappa shape index (κ3) is 4.82. The molecule has 2 rings (SSSR count). The highest BCUT2D eigenvalue weighted by Crippen LogP contribution is 2.22. The largest absolute Gasteiger partial charge is 0.481 e. The number of nitrogens with one attached hydrogen (secondary N) is 2. The first-order valence-electron chi connectivity index (χ1n) is 7.52. The summed E-state index contributed by atoms with van der Waals surface area (Å²) in [6.45, 7) is 5.64. The van der Waals surface area contributed by atoms with E-state index in [1.165, 1.54) is 11.3 Å². The van der Waals surface area contributed by atoms with Gasteiger partial charge in [-0.3, -0.25) is 20.4 Å². The van der Waals surface area contributed by atoms with E-state index >= 15 is 0 Å². The number of halogens is 1. The second-order valence-corrected chi connectivity index (χ2v) is 7.38. The molecule has 0 saturated carbocycles. The van der Waals surface area contributed by atoms with E-state index in [0.717, 1.165) is 21.3 Å². The summed E-state index contributed by atoms with van der Waals surface area (Å²) in [4.78, 5) is 25.8. The Kier molecular flexibility index (Phi) is 6.39. The molecule has 5 nitrogen and oxygen atoms in total. The lowest BCUT2D eigenvalue weighted by Crippen LogP contribution is -2.47. The number of amides is 2. The molecule has 0 saturated heterocycles. The molecular formula is C17H19BrN2O3S. The van der Waals surface area contributed by atoms with E-state index in [9.17, 15) is 9.59 Å². The molecule has 0 fully saturated rings. The van der Waals surface area contributed by atoms with Crippen molar-refractivity contribution in [3.63, 3.8) is 0 Å². The van der Waals surface area contributed by atoms with Gasteiger partial charge in [-0.1, -0.05) is 28.9 Å². The molecule has 0 radical (unpaired) electrons. The van der Waals surface area contributed by atoms with E-state index in [-0.39, 0.29) is 5.91 Å². The zero-order chi connectivity index (χ0) is 17.7. The van der Waals surface area contributed by atoms with Crippen molar-refractivity contribution in [2.24, 2.45) is 0 Å². The number of hydrazine groups is 1. The van der Waals surface area contributed by atoms with Crippen LogP contribution in [0.15, 0.2) is 34.8 Å². The molecule has 2 N–H and O–H groups in total. The third-order valence-corrected chi connectivity index (χ3v) is 4.99. The zero-order valence-corrected chi connectivity index (χ0v) is 16.1. The average Bonchev–Trinajstić information content (AvgIpc) is 2.93. The van der Waals surface area contributed by atoms with E-state index in [4.69, 9.17) is 4.74 Å². The highest BCUT2D eigenvalue weighted by molar-refractivity contribution is 9.10. The van der Waals surface area contributed by atoms with E-state index in [1.54, 1.807) is 19.1 Å². The second-order valence-electron chi connectivity index (χ2n) is 5.21. The normalized spacial score (nSPS) is 11.7. The minimum Gasteiger partial charge on any atom is -0.481 e. The Balaban J connectivity index is 1.88. The van der Waals surface area contributed by atoms with Crippen LogP contribution in [0.1, 0.15) is 34.0 Å². The predicted molar refractivity (Wildman–Crippen MR) is 98.3 cm³/mol. The summed E-state index contributed by atoms with van der Waals surface area (Å²) in [5, 5.41) is 0. The molecule has 0 aliphatic rings. The molecule has 2 aromatic rings. The lowest BCUT2D eigenvalue weighted by molar-refractivity contribution is -0.128. The average molecular weight is 411 g/mol. The van der Waals surface area contributed by atoms with Crippen molar-refractivity contribution in [1.29, 1.82) is 0 Å². The van der Waals surface area contributed by atoms with Crippen LogP contribution in [0.3, 0.4) is 0 Å². The molecule has 1 aromatic heterocycles. The van der Waals surface area contributed by atoms with Gasteiger partial charge in [0.2, 0.25) is 0 Å². The fraction of sp³-hybridized carbons (Fsp3) is 0.294. The summed E-state index contributed by atoms with van der Waals surface area (Å²) in [6.07, 6.45) is 0.135. The summed E-state index contributed by atoms with van der Waals surface area (Å²) < 4.78 is 6.41. The van der Waals surface area contributed by atoms with Crippen LogP contribution in [0.5, 0.6) is 5.75 Å². The smallest absolute Gasteiger partial charge is 0.279 e. The number of thiophene rings is 1. The van der Waals surface area contributed by atoms with Gasteiger partial charge < -0.3 is 4.74 Å². The summed E-state index contributed by atoms with van der Waals surface area (Å²) >= 11 is 4.75. The van der Waals surface area contributed by atoms with Crippen molar-refractivity contribution in [2.45, 2.75) is 33.3 Å². The quantitative estimate of drug-likeness (QED) is 0.739. The van der Waals surface area contributed by atoms with Gasteiger partial charge in [0.15, 0.2) is 6.10 Å². The Morgan fingerprint density at radius 3 is 2.67 bits per heavy atom. The fourth-order valence-electron chi connectivity index (χ4n) is 2.06. The summed E-state index contributed by atoms with van der Waals surface area (Å²) in [7, 11) is 0. The Bertz CT molecular complexity index is 745. The maximum absolute atomic E-state index is 12.1. The Morgan fingerprint density at radius 1 is 1.29 bits per heavy atom. The highest BCUT2D eigenvalue weighted by Gasteiger charge is 2.17. The van der Waals surface area contributed by atoms with E-state index < -0.39 is 12.0 Å². The molecule has 1 aromatic carbocycles. The van der Waals surface area contributed by atoms with Crippen molar-refractivity contribution in [2.75, 3.05) is 0 Å². The van der Waals surface area contributed by atoms with Crippen LogP contribution in [-0.4, -0.2) is 17.9 Å². The van der Waals surface area contributed by atoms with Crippen molar-refractivity contribution >= 4 is 39.1 Å². The fourth-order valence-corrected chi connectivity index (χ4v) is 3.45. The topological polar surface area (TPSA) is 67.4 Å². The number of carbonyl (C=O) groups is 2. The van der Waals surface area contributed by atoms with Gasteiger partial charge >= 0.3 is 0 Å². The van der Waals surface area contributed by atoms with Crippen LogP contribution < -0.4 is 15.6 Å². The minimum absolute atomic E-state index is 0.328. The first kappa shape index (κ1) is 18.5. The van der Waals surface area contributed by atoms with E-state index in [0.29, 0.717) is 10.6 Å². The Morgan fingerprint density at radius 2 is 2.04 bits per heavy atom. The van der Waals surface area contributed by atoms with E-state index in [1.807, 2.05) is 32.0 Å². The maximum atomic E-state index is 12.1. The number of ether oxygens (including phenoxy) is 1. The second kappa shape index (κ2) is 8.30. The van der Waals surface area contributed by atoms with Crippen LogP contribution in [0, 0.1) is 6.92 Å². The highest BCUT2D eigenvalue weighted by atomic mass is 79.9. The van der Waals surface area contributed by atoms with Crippen LogP contribution in [0.2, 0.25) is 0 Å². The van der Waals surface area contributed by atoms with Crippen molar-refractivity contribution in [3.8, 4) is 5.75 Å². The van der Waals surface area contributed by atoms with E-state index in [2.05, 4.69) is 26.8 Å². The third-order valence-electron chi connectivity index (χ3n) is 3.40. The molecule has 1 atom stereocenters. The van der Waals surface area contributed by atoms with Crippen LogP contribution in [-0.2, 0) is 11.2 Å². The monoisotopic (exact) mass is 410 g/mol. The van der Waals surface area contributed by atoms with Gasteiger partial charge in [0, 0.05) is 9.35 Å². The summed E-state index contributed by atoms with van der Waals surface area (Å²) in [5.41, 5.74) is 5.96. The summed E-state index contributed by atoms with van der Waals surface area (Å²) in [5.74, 6) is -0.182. The van der Waals surface area contributed by atoms with Gasteiger partial charge in [0.1, 0.15) is 5.75 Å². The molecule has 1 heterocycles. The maximum Gasteiger partial charge on any atom is 0.279 e. The predicted octanol–water partition coefficient (Wildman–Crippen LogP) is 3.61. The Hall–Kier alpha value is -1.86. The lowest BCUT2D eigenvalue weighted by atomic mass is 10.2. The number of carbonyl (C=O) groups excluding carboxylic acids is 2. The molecule has 0 spiro atoms. The van der Waals surface area contributed by atoms with Gasteiger partial charge in [-0.25, -0.2) is 0 Å². The van der Waals surface area contributed by atoms with Crippen molar-refractivity contribution < 1.29 is 14.3 Å². The number of benzene rings is 1. The molecule has 0 unspecified atom stereocenters. The standard InChI is InChI=1S/C17H19BrN2O3S/c1-4-12-8-15(24-11(12)3)17(22)20-19-16(21)10(2)23-14-7-5-6-13(18)9-14/h5-10H,4H2,1-3H3,(H,19,21)(H,20,22)/t10-/m0/s1. The molecular weight excluding hydrogens is 392 g/mol. The molecule has 7 heteroatoms. The van der Waals surface area contributed by atoms with Crippen molar-refractivity contribution in [1.82, 2.24) is 10.9 Å². The molecule has 0 aliphatic heterocycles. The SMILES string of the molecule is CCc1cc(C(=O)NNC(=O)[C@H](C)Oc2cccc(Br)c2)sc1C. The van der Waals surface area contributed by atoms with Gasteiger partial charge in [0.25, 0.3) is 11.8 Å². The molecule has 24 heavy (non-hydrogen) atoms. The zero-order valence-electron chi connectivity index (χ0n) is 13.7. The van der Waals surface area contributed by atoms with Crippen LogP contribution in [0.25, 0.3) is 0 Å². The number of hydrogen-bond acceptors (Lipinski definition) is 4. The first-order chi connectivity index (χ1) is 11.4. The van der Waals surface area contributed by atoms with Gasteiger partial charge in [-0.2, -0.15) is 0 Å². The van der Waals surface area contributed by atoms with Crippen LogP contribution >= 0.6 is 27.3 Å². The summed E-state index contributed by atoms with van der Waals surface area (Å²) in [6, 6.07) is 9.06. The Labute approximate surface area is 153 Å². The number of hydrogen-bond donors (Lipinski definition) is 2. The minimum atomic E-state index is -0.740. The van der Waals surface area contributed by atoms with Gasteiger partial charge in [-0.15, -0.1) is 11.3 Å². The van der Waals surface area contributed by atoms with Crippen molar-refractivity contribution in [3.05, 3.63) is 50.1 Å². The molecule has 128 valence electrons. The molecule has 0 aliphatic carbocycles. The first-order valence-corrected chi connectivity index (χ1v) is 9.13. The van der Waals surface area contributed by atoms with Gasteiger partial charge in [-0.05, 0) is 50.1 Å². The molecule has 0 bridgehead atoms. The van der Waals surface area contributed by atoms with Gasteiger partial charge in [0.05, 0.1) is 4.88 Å². The number of rotatable bonds is 5. The number of aryl methyl sites for hydroxylation is 2.